The van der Waals surface area contributed by atoms with Gasteiger partial charge in [-0.3, -0.25) is 0 Å². The molecule has 4 aliphatic rings. The summed E-state index contributed by atoms with van der Waals surface area (Å²) in [4.78, 5) is 34.3. The molecule has 4 fully saturated rings. The topological polar surface area (TPSA) is 613 Å². The SMILES string of the molecule is [K+].[K+].[K+].[K+].[O-][Si]([O-])([O-])[O-].[O]=[W]1(=[O])[O][W](=[O])(=[O])[O][W](=[O])(=[O])[O]1.[O]=[W]1(=[O])[O][W](=[O])(=[O])[O][W](=[O])(=[O])[O]1.[O]=[W]1(=[O])[O][W](=[O])(=[O])[O][W](=[O])(=[O])[O]1.[O]=[W]1(=[O])[O][W](=[O])(=[O])[O][W](=[O])(=[O])[O]1. The molecule has 0 aromatic heterocycles. The van der Waals surface area contributed by atoms with Crippen LogP contribution in [0.1, 0.15) is 0 Å². The zero-order valence-electron chi connectivity index (χ0n) is 25.7. The Hall–Kier alpha value is 9.58. The third-order valence-electron chi connectivity index (χ3n) is 2.00. The van der Waals surface area contributed by atoms with Crippen LogP contribution in [0.5, 0.6) is 0 Å². The van der Waals surface area contributed by atoms with Crippen LogP contribution in [0.25, 0.3) is 0 Å². The van der Waals surface area contributed by atoms with Gasteiger partial charge in [0, 0.05) is 0 Å². The van der Waals surface area contributed by atoms with Crippen LogP contribution in [0.3, 0.4) is 0 Å². The molecule has 4 heterocycles. The van der Waals surface area contributed by atoms with Crippen molar-refractivity contribution in [1.82, 2.24) is 0 Å². The van der Waals surface area contributed by atoms with Gasteiger partial charge in [-0.2, -0.15) is 0 Å². The van der Waals surface area contributed by atoms with Crippen LogP contribution in [0.15, 0.2) is 0 Å². The summed E-state index contributed by atoms with van der Waals surface area (Å²) in [5.41, 5.74) is 0. The summed E-state index contributed by atoms with van der Waals surface area (Å²) in [6.45, 7) is 0. The maximum absolute atomic E-state index is 10.4. The average molecular weight is 3030 g/mol. The van der Waals surface area contributed by atoms with Crippen molar-refractivity contribution in [2.24, 2.45) is 0 Å². The predicted octanol–water partition coefficient (Wildman–Crippen LogP) is -20.8. The zero-order chi connectivity index (χ0) is 43.0. The van der Waals surface area contributed by atoms with Crippen molar-refractivity contribution in [3.05, 3.63) is 0 Å². The van der Waals surface area contributed by atoms with Crippen molar-refractivity contribution >= 4 is 9.05 Å². The Balaban J connectivity index is -0.000000198. The Labute approximate surface area is 524 Å². The summed E-state index contributed by atoms with van der Waals surface area (Å²) < 4.78 is 290. The first-order chi connectivity index (χ1) is 22.5. The van der Waals surface area contributed by atoms with E-state index in [9.17, 15) is 81.5 Å². The fraction of sp³-hybridized carbons (Fsp3) is 0. The molecule has 0 saturated carbocycles. The van der Waals surface area contributed by atoms with Crippen molar-refractivity contribution in [2.45, 2.75) is 0 Å². The normalized spacial score (nSPS) is 27.2. The fourth-order valence-corrected chi connectivity index (χ4v) is 157. The van der Waals surface area contributed by atoms with Gasteiger partial charge in [-0.1, -0.05) is 0 Å². The van der Waals surface area contributed by atoms with Crippen LogP contribution in [-0.2, 0) is 307 Å². The van der Waals surface area contributed by atoms with E-state index >= 15 is 0 Å². The minimum absolute atomic E-state index is 0. The Morgan fingerprint density at radius 1 is 0.193 bits per heavy atom. The maximum atomic E-state index is 10.4. The summed E-state index contributed by atoms with van der Waals surface area (Å²) in [6, 6.07) is 0. The molecule has 0 spiro atoms. The Bertz CT molecular complexity index is 1980. The monoisotopic (exact) mass is 3030 g/mol. The van der Waals surface area contributed by atoms with Crippen molar-refractivity contribution in [1.29, 1.82) is 0 Å². The van der Waals surface area contributed by atoms with Gasteiger partial charge in [0.25, 0.3) is 0 Å². The van der Waals surface area contributed by atoms with Crippen molar-refractivity contribution in [3.8, 4) is 0 Å². The van der Waals surface area contributed by atoms with Crippen LogP contribution in [0, 0.1) is 0 Å². The van der Waals surface area contributed by atoms with Gasteiger partial charge in [-0.15, -0.1) is 0 Å². The molecule has 40 nitrogen and oxygen atoms in total. The third-order valence-corrected chi connectivity index (χ3v) is 134. The van der Waals surface area contributed by atoms with Gasteiger partial charge >= 0.3 is 513 Å². The second kappa shape index (κ2) is 27.6. The number of hydrogen-bond donors (Lipinski definition) is 0. The first-order valence-corrected chi connectivity index (χ1v) is 67.9. The van der Waals surface area contributed by atoms with Crippen molar-refractivity contribution < 1.29 is 532 Å². The molecule has 0 aliphatic carbocycles. The molecule has 320 valence electrons. The van der Waals surface area contributed by atoms with Crippen LogP contribution in [0.4, 0.5) is 0 Å². The molecule has 4 saturated heterocycles. The quantitative estimate of drug-likeness (QED) is 0.203. The number of hydrogen-bond acceptors (Lipinski definition) is 40. The van der Waals surface area contributed by atoms with Gasteiger partial charge in [0.2, 0.25) is 0 Å². The summed E-state index contributed by atoms with van der Waals surface area (Å²) in [5.74, 6) is 0. The summed E-state index contributed by atoms with van der Waals surface area (Å²) in [6.07, 6.45) is 0. The Kier molecular flexibility index (Phi) is 36.5. The first-order valence-electron chi connectivity index (χ1n) is 8.82. The predicted molar refractivity (Wildman–Crippen MR) is 35.2 cm³/mol. The summed E-state index contributed by atoms with van der Waals surface area (Å²) >= 11 is -75.1. The molecular formula is K4O40SiW12. The van der Waals surface area contributed by atoms with Crippen LogP contribution >= 0.6 is 0 Å². The van der Waals surface area contributed by atoms with Crippen LogP contribution in [-0.4, -0.2) is 9.05 Å². The van der Waals surface area contributed by atoms with E-state index in [1.165, 1.54) is 0 Å². The van der Waals surface area contributed by atoms with Crippen molar-refractivity contribution in [3.63, 3.8) is 0 Å². The molecule has 0 radical (unpaired) electrons. The average Bonchev–Trinajstić information content (AvgIpc) is 2.57. The van der Waals surface area contributed by atoms with E-state index in [0.717, 1.165) is 0 Å². The van der Waals surface area contributed by atoms with E-state index in [1.54, 1.807) is 0 Å². The Morgan fingerprint density at radius 3 is 0.263 bits per heavy atom. The number of rotatable bonds is 0. The van der Waals surface area contributed by atoms with Gasteiger partial charge < -0.3 is 28.2 Å². The van der Waals surface area contributed by atoms with E-state index in [1.807, 2.05) is 0 Å². The molecule has 0 bridgehead atoms. The van der Waals surface area contributed by atoms with Gasteiger partial charge in [0.05, 0.1) is 0 Å². The Morgan fingerprint density at radius 2 is 0.228 bits per heavy atom. The summed E-state index contributed by atoms with van der Waals surface area (Å²) in [7, 11) is -5.61. The van der Waals surface area contributed by atoms with Crippen LogP contribution in [0.2, 0.25) is 0 Å². The van der Waals surface area contributed by atoms with Crippen molar-refractivity contribution in [2.75, 3.05) is 0 Å². The molecule has 57 heavy (non-hydrogen) atoms. The molecule has 0 aromatic carbocycles. The molecule has 0 amide bonds. The van der Waals surface area contributed by atoms with Gasteiger partial charge in [0.15, 0.2) is 0 Å². The van der Waals surface area contributed by atoms with E-state index in [0.29, 0.717) is 0 Å². The standard InChI is InChI=1S/4K.O4Si.36O.12W/c;;;;1-5(2,3)4;;;;;;;;;;;;;;;;;;;;;;;;;;;;;;;;;;;;;;;;;;;;;;;;/q4*+1;-4;;;;;;;;;;;;;;;;;;;;;;;;;;;;;;;;;;;;;;;;;;;;;;;;. The third kappa shape index (κ3) is 39.8. The first kappa shape index (κ1) is 75.5. The molecule has 0 atom stereocenters. The van der Waals surface area contributed by atoms with Gasteiger partial charge in [-0.25, -0.2) is 0 Å². The summed E-state index contributed by atoms with van der Waals surface area (Å²) in [5, 5.41) is 0. The van der Waals surface area contributed by atoms with E-state index in [4.69, 9.17) is 19.2 Å². The molecule has 4 aliphatic heterocycles. The molecule has 0 unspecified atom stereocenters. The van der Waals surface area contributed by atoms with Gasteiger partial charge in [-0.05, 0) is 0 Å². The van der Waals surface area contributed by atoms with Gasteiger partial charge in [0.1, 0.15) is 0 Å². The molecule has 4 rings (SSSR count). The minimum atomic E-state index is -6.26. The zero-order valence-corrected chi connectivity index (χ0v) is 74.4. The van der Waals surface area contributed by atoms with E-state index in [-0.39, 0.29) is 206 Å². The molecule has 0 aromatic rings. The van der Waals surface area contributed by atoms with Crippen LogP contribution < -0.4 is 225 Å². The second-order valence-corrected chi connectivity index (χ2v) is 96.3. The van der Waals surface area contributed by atoms with E-state index in [2.05, 4.69) is 24.5 Å². The fourth-order valence-electron chi connectivity index (χ4n) is 1.36. The second-order valence-electron chi connectivity index (χ2n) is 6.22. The molecule has 57 heteroatoms. The van der Waals surface area contributed by atoms with E-state index < -0.39 is 210 Å². The molecule has 0 N–H and O–H groups in total. The molecular weight excluding hydrogens is 3030 g/mol.